The van der Waals surface area contributed by atoms with Crippen LogP contribution >= 0.6 is 0 Å². The van der Waals surface area contributed by atoms with Crippen molar-refractivity contribution in [2.75, 3.05) is 0 Å². The Bertz CT molecular complexity index is 1110. The fraction of sp³-hybridized carbons (Fsp3) is 0.208. The molecule has 2 heterocycles. The maximum absolute atomic E-state index is 13.5. The zero-order valence-electron chi connectivity index (χ0n) is 16.4. The summed E-state index contributed by atoms with van der Waals surface area (Å²) in [6, 6.07) is 17.8. The molecule has 0 fully saturated rings. The van der Waals surface area contributed by atoms with Crippen molar-refractivity contribution in [3.8, 4) is 0 Å². The summed E-state index contributed by atoms with van der Waals surface area (Å²) < 4.78 is 11.5. The van der Waals surface area contributed by atoms with E-state index in [9.17, 15) is 4.79 Å². The van der Waals surface area contributed by atoms with E-state index in [0.717, 1.165) is 39.0 Å². The number of nitrogens with zero attached hydrogens (tertiary/aromatic N) is 1. The zero-order chi connectivity index (χ0) is 19.7. The van der Waals surface area contributed by atoms with E-state index in [-0.39, 0.29) is 5.91 Å². The van der Waals surface area contributed by atoms with E-state index in [4.69, 9.17) is 8.83 Å². The number of rotatable bonds is 5. The van der Waals surface area contributed by atoms with Gasteiger partial charge in [-0.25, -0.2) is 0 Å². The van der Waals surface area contributed by atoms with Crippen molar-refractivity contribution in [2.24, 2.45) is 0 Å². The summed E-state index contributed by atoms with van der Waals surface area (Å²) in [7, 11) is 0. The number of furan rings is 2. The quantitative estimate of drug-likeness (QED) is 0.444. The molecule has 4 aromatic rings. The lowest BCUT2D eigenvalue weighted by Gasteiger charge is -2.21. The molecule has 4 heteroatoms. The first-order chi connectivity index (χ1) is 13.5. The van der Waals surface area contributed by atoms with Crippen molar-refractivity contribution < 1.29 is 13.6 Å². The maximum atomic E-state index is 13.5. The Morgan fingerprint density at radius 2 is 1.75 bits per heavy atom. The van der Waals surface area contributed by atoms with Gasteiger partial charge in [0.15, 0.2) is 5.76 Å². The van der Waals surface area contributed by atoms with Crippen LogP contribution in [0, 0.1) is 20.8 Å². The van der Waals surface area contributed by atoms with E-state index in [0.29, 0.717) is 18.8 Å². The molecule has 0 aliphatic heterocycles. The number of amides is 1. The predicted molar refractivity (Wildman–Crippen MR) is 109 cm³/mol. The highest BCUT2D eigenvalue weighted by Gasteiger charge is 2.25. The van der Waals surface area contributed by atoms with Crippen LogP contribution in [0.25, 0.3) is 11.0 Å². The molecule has 28 heavy (non-hydrogen) atoms. The van der Waals surface area contributed by atoms with E-state index in [1.807, 2.05) is 62.4 Å². The van der Waals surface area contributed by atoms with Gasteiger partial charge in [-0.1, -0.05) is 36.4 Å². The third-order valence-corrected chi connectivity index (χ3v) is 5.00. The topological polar surface area (TPSA) is 46.6 Å². The molecule has 0 spiro atoms. The molecule has 4 nitrogen and oxygen atoms in total. The number of carbonyl (C=O) groups is 1. The molecular weight excluding hydrogens is 350 g/mol. The number of carbonyl (C=O) groups excluding carboxylic acids is 1. The van der Waals surface area contributed by atoms with Gasteiger partial charge in [-0.05, 0) is 55.7 Å². The normalized spacial score (nSPS) is 11.1. The van der Waals surface area contributed by atoms with Crippen LogP contribution < -0.4 is 0 Å². The van der Waals surface area contributed by atoms with Crippen molar-refractivity contribution in [2.45, 2.75) is 33.9 Å². The van der Waals surface area contributed by atoms with Gasteiger partial charge in [0.25, 0.3) is 5.91 Å². The predicted octanol–water partition coefficient (Wildman–Crippen LogP) is 5.79. The molecule has 0 aliphatic carbocycles. The molecule has 1 amide bonds. The second-order valence-electron chi connectivity index (χ2n) is 7.24. The maximum Gasteiger partial charge on any atom is 0.290 e. The minimum absolute atomic E-state index is 0.133. The first-order valence-electron chi connectivity index (χ1n) is 9.39. The molecule has 0 radical (unpaired) electrons. The minimum atomic E-state index is -0.133. The van der Waals surface area contributed by atoms with Crippen LogP contribution in [0.1, 0.15) is 38.6 Å². The van der Waals surface area contributed by atoms with Gasteiger partial charge in [-0.2, -0.15) is 0 Å². The number of aryl methyl sites for hydroxylation is 3. The summed E-state index contributed by atoms with van der Waals surface area (Å²) in [4.78, 5) is 15.2. The molecule has 0 aliphatic rings. The monoisotopic (exact) mass is 373 g/mol. The average Bonchev–Trinajstić information content (AvgIpc) is 3.29. The standard InChI is InChI=1S/C24H23NO3/c1-16-12-17(2)22-18(3)23(28-21(22)13-16)24(26)25(15-20-10-7-11-27-20)14-19-8-5-4-6-9-19/h4-13H,14-15H2,1-3H3. The van der Waals surface area contributed by atoms with Crippen molar-refractivity contribution in [3.63, 3.8) is 0 Å². The largest absolute Gasteiger partial charge is 0.467 e. The van der Waals surface area contributed by atoms with Crippen LogP contribution in [0.2, 0.25) is 0 Å². The molecule has 0 bridgehead atoms. The van der Waals surface area contributed by atoms with Crippen LogP contribution in [0.15, 0.2) is 69.7 Å². The van der Waals surface area contributed by atoms with E-state index in [1.165, 1.54) is 0 Å². The summed E-state index contributed by atoms with van der Waals surface area (Å²) in [5, 5.41) is 1.02. The minimum Gasteiger partial charge on any atom is -0.467 e. The lowest BCUT2D eigenvalue weighted by molar-refractivity contribution is 0.0686. The number of fused-ring (bicyclic) bond motifs is 1. The highest BCUT2D eigenvalue weighted by molar-refractivity contribution is 6.00. The van der Waals surface area contributed by atoms with E-state index in [2.05, 4.69) is 13.0 Å². The second kappa shape index (κ2) is 7.39. The molecule has 0 saturated heterocycles. The number of hydrogen-bond donors (Lipinski definition) is 0. The van der Waals surface area contributed by atoms with Gasteiger partial charge < -0.3 is 13.7 Å². The zero-order valence-corrected chi connectivity index (χ0v) is 16.4. The highest BCUT2D eigenvalue weighted by Crippen LogP contribution is 2.30. The molecule has 0 saturated carbocycles. The molecule has 0 unspecified atom stereocenters. The Morgan fingerprint density at radius 1 is 0.964 bits per heavy atom. The van der Waals surface area contributed by atoms with Gasteiger partial charge in [-0.3, -0.25) is 4.79 Å². The first-order valence-corrected chi connectivity index (χ1v) is 9.39. The summed E-state index contributed by atoms with van der Waals surface area (Å²) >= 11 is 0. The summed E-state index contributed by atoms with van der Waals surface area (Å²) in [6.07, 6.45) is 1.62. The molecule has 142 valence electrons. The Balaban J connectivity index is 1.73. The van der Waals surface area contributed by atoms with Crippen LogP contribution in [0.5, 0.6) is 0 Å². The van der Waals surface area contributed by atoms with E-state index < -0.39 is 0 Å². The van der Waals surface area contributed by atoms with Gasteiger partial charge >= 0.3 is 0 Å². The van der Waals surface area contributed by atoms with Gasteiger partial charge in [0, 0.05) is 17.5 Å². The van der Waals surface area contributed by atoms with E-state index >= 15 is 0 Å². The lowest BCUT2D eigenvalue weighted by Crippen LogP contribution is -2.30. The SMILES string of the molecule is Cc1cc(C)c2c(C)c(C(=O)N(Cc3ccccc3)Cc3ccco3)oc2c1. The summed E-state index contributed by atoms with van der Waals surface area (Å²) in [5.74, 6) is 1.00. The van der Waals surface area contributed by atoms with Crippen molar-refractivity contribution >= 4 is 16.9 Å². The Kier molecular flexibility index (Phi) is 4.78. The van der Waals surface area contributed by atoms with Gasteiger partial charge in [0.2, 0.25) is 0 Å². The first kappa shape index (κ1) is 18.1. The molecular formula is C24H23NO3. The molecule has 0 atom stereocenters. The Morgan fingerprint density at radius 3 is 2.46 bits per heavy atom. The second-order valence-corrected chi connectivity index (χ2v) is 7.24. The van der Waals surface area contributed by atoms with Crippen LogP contribution in [0.4, 0.5) is 0 Å². The molecule has 2 aromatic carbocycles. The molecule has 4 rings (SSSR count). The molecule has 2 aromatic heterocycles. The highest BCUT2D eigenvalue weighted by atomic mass is 16.3. The van der Waals surface area contributed by atoms with Crippen LogP contribution in [-0.2, 0) is 13.1 Å². The molecule has 0 N–H and O–H groups in total. The summed E-state index contributed by atoms with van der Waals surface area (Å²) in [5.41, 5.74) is 4.94. The van der Waals surface area contributed by atoms with Crippen molar-refractivity contribution in [3.05, 3.63) is 94.6 Å². The fourth-order valence-corrected chi connectivity index (χ4v) is 3.73. The van der Waals surface area contributed by atoms with Gasteiger partial charge in [0.1, 0.15) is 11.3 Å². The van der Waals surface area contributed by atoms with Crippen LogP contribution in [0.3, 0.4) is 0 Å². The van der Waals surface area contributed by atoms with Crippen molar-refractivity contribution in [1.82, 2.24) is 4.90 Å². The van der Waals surface area contributed by atoms with Crippen molar-refractivity contribution in [1.29, 1.82) is 0 Å². The fourth-order valence-electron chi connectivity index (χ4n) is 3.73. The Hall–Kier alpha value is -3.27. The third-order valence-electron chi connectivity index (χ3n) is 5.00. The Labute approximate surface area is 164 Å². The summed E-state index contributed by atoms with van der Waals surface area (Å²) in [6.45, 7) is 6.90. The smallest absolute Gasteiger partial charge is 0.290 e. The average molecular weight is 373 g/mol. The lowest BCUT2D eigenvalue weighted by atomic mass is 10.0. The third kappa shape index (κ3) is 3.46. The number of hydrogen-bond acceptors (Lipinski definition) is 3. The van der Waals surface area contributed by atoms with Crippen LogP contribution in [-0.4, -0.2) is 10.8 Å². The van der Waals surface area contributed by atoms with Gasteiger partial charge in [0.05, 0.1) is 12.8 Å². The van der Waals surface area contributed by atoms with E-state index in [1.54, 1.807) is 11.2 Å². The van der Waals surface area contributed by atoms with Gasteiger partial charge in [-0.15, -0.1) is 0 Å². The number of benzene rings is 2.